The zero-order chi connectivity index (χ0) is 14.0. The van der Waals surface area contributed by atoms with E-state index in [1.807, 2.05) is 6.07 Å². The van der Waals surface area contributed by atoms with Gasteiger partial charge in [-0.3, -0.25) is 0 Å². The first-order chi connectivity index (χ1) is 8.95. The summed E-state index contributed by atoms with van der Waals surface area (Å²) >= 11 is 0. The van der Waals surface area contributed by atoms with Gasteiger partial charge >= 0.3 is 0 Å². The van der Waals surface area contributed by atoms with Crippen molar-refractivity contribution in [2.75, 3.05) is 19.0 Å². The summed E-state index contributed by atoms with van der Waals surface area (Å²) < 4.78 is 5.61. The van der Waals surface area contributed by atoms with Gasteiger partial charge in [-0.05, 0) is 25.7 Å². The molecule has 1 aliphatic rings. The summed E-state index contributed by atoms with van der Waals surface area (Å²) in [4.78, 5) is 9.37. The van der Waals surface area contributed by atoms with E-state index >= 15 is 0 Å². The molecule has 1 aliphatic carbocycles. The van der Waals surface area contributed by atoms with E-state index in [1.165, 1.54) is 12.8 Å². The summed E-state index contributed by atoms with van der Waals surface area (Å²) in [7, 11) is 1.75. The number of aromatic nitrogens is 2. The van der Waals surface area contributed by atoms with Gasteiger partial charge in [0.05, 0.1) is 5.69 Å². The van der Waals surface area contributed by atoms with Crippen molar-refractivity contribution in [3.63, 3.8) is 0 Å². The highest BCUT2D eigenvalue weighted by Crippen LogP contribution is 2.42. The smallest absolute Gasteiger partial charge is 0.160 e. The molecule has 0 radical (unpaired) electrons. The monoisotopic (exact) mass is 263 g/mol. The molecule has 1 N–H and O–H groups in total. The van der Waals surface area contributed by atoms with Crippen LogP contribution >= 0.6 is 0 Å². The van der Waals surface area contributed by atoms with E-state index in [9.17, 15) is 0 Å². The molecular formula is C15H25N3O. The number of nitrogens with one attached hydrogen (secondary N) is 1. The quantitative estimate of drug-likeness (QED) is 0.885. The van der Waals surface area contributed by atoms with Gasteiger partial charge in [0.15, 0.2) is 5.82 Å². The van der Waals surface area contributed by atoms with Crippen molar-refractivity contribution in [1.82, 2.24) is 9.97 Å². The molecule has 1 atom stereocenters. The Balaban J connectivity index is 2.38. The molecular weight excluding hydrogens is 238 g/mol. The van der Waals surface area contributed by atoms with E-state index in [1.54, 1.807) is 7.11 Å². The maximum absolute atomic E-state index is 5.61. The Hall–Kier alpha value is -1.16. The van der Waals surface area contributed by atoms with Crippen molar-refractivity contribution in [1.29, 1.82) is 0 Å². The molecule has 4 nitrogen and oxygen atoms in total. The second-order valence-electron chi connectivity index (χ2n) is 6.27. The van der Waals surface area contributed by atoms with E-state index in [0.29, 0.717) is 5.92 Å². The fourth-order valence-electron chi connectivity index (χ4n) is 2.16. The van der Waals surface area contributed by atoms with Crippen LogP contribution in [0.3, 0.4) is 0 Å². The molecule has 1 heterocycles. The van der Waals surface area contributed by atoms with Crippen LogP contribution in [0.5, 0.6) is 0 Å². The molecule has 1 saturated carbocycles. The molecule has 1 unspecified atom stereocenters. The highest BCUT2D eigenvalue weighted by Gasteiger charge is 2.35. The number of hydrogen-bond acceptors (Lipinski definition) is 4. The average Bonchev–Trinajstić information content (AvgIpc) is 3.13. The maximum atomic E-state index is 5.61. The minimum Gasteiger partial charge on any atom is -0.373 e. The van der Waals surface area contributed by atoms with Crippen LogP contribution < -0.4 is 5.32 Å². The lowest BCUT2D eigenvalue weighted by atomic mass is 9.91. The maximum Gasteiger partial charge on any atom is 0.160 e. The third-order valence-corrected chi connectivity index (χ3v) is 3.43. The lowest BCUT2D eigenvalue weighted by Gasteiger charge is -2.22. The number of rotatable bonds is 5. The predicted molar refractivity (Wildman–Crippen MR) is 77.4 cm³/mol. The van der Waals surface area contributed by atoms with Crippen LogP contribution in [-0.2, 0) is 10.2 Å². The molecule has 106 valence electrons. The Morgan fingerprint density at radius 2 is 2.05 bits per heavy atom. The summed E-state index contributed by atoms with van der Waals surface area (Å²) in [5.74, 6) is 2.32. The van der Waals surface area contributed by atoms with Gasteiger partial charge in [0.2, 0.25) is 0 Å². The second-order valence-corrected chi connectivity index (χ2v) is 6.27. The zero-order valence-electron chi connectivity index (χ0n) is 12.7. The van der Waals surface area contributed by atoms with Gasteiger partial charge in [-0.15, -0.1) is 0 Å². The van der Waals surface area contributed by atoms with Crippen molar-refractivity contribution in [2.45, 2.75) is 52.1 Å². The second kappa shape index (κ2) is 5.45. The standard InChI is InChI=1S/C15H25N3O/c1-6-16-12-9-11(15(2,3)4)17-14(18-12)13(19-5)10-7-8-10/h9-10,13H,6-8H2,1-5H3,(H,16,17,18). The fraction of sp³-hybridized carbons (Fsp3) is 0.733. The lowest BCUT2D eigenvalue weighted by molar-refractivity contribution is 0.0769. The van der Waals surface area contributed by atoms with Crippen LogP contribution in [0.15, 0.2) is 6.07 Å². The number of anilines is 1. The SMILES string of the molecule is CCNc1cc(C(C)(C)C)nc(C(OC)C2CC2)n1. The van der Waals surface area contributed by atoms with Crippen molar-refractivity contribution in [3.8, 4) is 0 Å². The minimum absolute atomic E-state index is 0.0176. The van der Waals surface area contributed by atoms with Crippen molar-refractivity contribution >= 4 is 5.82 Å². The van der Waals surface area contributed by atoms with Gasteiger partial charge in [-0.25, -0.2) is 9.97 Å². The van der Waals surface area contributed by atoms with Gasteiger partial charge in [0.1, 0.15) is 11.9 Å². The summed E-state index contributed by atoms with van der Waals surface area (Å²) in [5.41, 5.74) is 1.08. The van der Waals surface area contributed by atoms with Crippen molar-refractivity contribution < 1.29 is 4.74 Å². The first-order valence-corrected chi connectivity index (χ1v) is 7.11. The molecule has 19 heavy (non-hydrogen) atoms. The van der Waals surface area contributed by atoms with Crippen molar-refractivity contribution in [2.24, 2.45) is 5.92 Å². The average molecular weight is 263 g/mol. The van der Waals surface area contributed by atoms with Gasteiger partial charge < -0.3 is 10.1 Å². The third kappa shape index (κ3) is 3.44. The highest BCUT2D eigenvalue weighted by molar-refractivity contribution is 5.38. The molecule has 0 aromatic carbocycles. The van der Waals surface area contributed by atoms with Crippen LogP contribution in [0.25, 0.3) is 0 Å². The van der Waals surface area contributed by atoms with E-state index in [2.05, 4.69) is 38.0 Å². The molecule has 1 aromatic heterocycles. The largest absolute Gasteiger partial charge is 0.373 e. The van der Waals surface area contributed by atoms with Crippen LogP contribution in [0.4, 0.5) is 5.82 Å². The normalized spacial score (nSPS) is 17.3. The van der Waals surface area contributed by atoms with Gasteiger partial charge in [-0.1, -0.05) is 20.8 Å². The van der Waals surface area contributed by atoms with Gasteiger partial charge in [0, 0.05) is 25.1 Å². The highest BCUT2D eigenvalue weighted by atomic mass is 16.5. The summed E-state index contributed by atoms with van der Waals surface area (Å²) in [6, 6.07) is 2.05. The van der Waals surface area contributed by atoms with E-state index < -0.39 is 0 Å². The van der Waals surface area contributed by atoms with Gasteiger partial charge in [-0.2, -0.15) is 0 Å². The van der Waals surface area contributed by atoms with Crippen molar-refractivity contribution in [3.05, 3.63) is 17.6 Å². The van der Waals surface area contributed by atoms with E-state index in [4.69, 9.17) is 9.72 Å². The Bertz CT molecular complexity index is 436. The molecule has 4 heteroatoms. The topological polar surface area (TPSA) is 47.0 Å². The van der Waals surface area contributed by atoms with E-state index in [-0.39, 0.29) is 11.5 Å². The van der Waals surface area contributed by atoms with Crippen LogP contribution in [0.2, 0.25) is 0 Å². The molecule has 0 bridgehead atoms. The summed E-state index contributed by atoms with van der Waals surface area (Å²) in [6.45, 7) is 9.46. The molecule has 1 fully saturated rings. The molecule has 0 spiro atoms. The summed E-state index contributed by atoms with van der Waals surface area (Å²) in [5, 5.41) is 3.29. The summed E-state index contributed by atoms with van der Waals surface area (Å²) in [6.07, 6.45) is 2.48. The Morgan fingerprint density at radius 1 is 1.37 bits per heavy atom. The number of methoxy groups -OCH3 is 1. The predicted octanol–water partition coefficient (Wildman–Crippen LogP) is 3.30. The Labute approximate surface area is 116 Å². The first kappa shape index (κ1) is 14.3. The number of hydrogen-bond donors (Lipinski definition) is 1. The third-order valence-electron chi connectivity index (χ3n) is 3.43. The number of nitrogens with zero attached hydrogens (tertiary/aromatic N) is 2. The minimum atomic E-state index is 0.0176. The van der Waals surface area contributed by atoms with Crippen LogP contribution in [-0.4, -0.2) is 23.6 Å². The molecule has 0 saturated heterocycles. The lowest BCUT2D eigenvalue weighted by Crippen LogP contribution is -2.19. The molecule has 0 aliphatic heterocycles. The fourth-order valence-corrected chi connectivity index (χ4v) is 2.16. The zero-order valence-corrected chi connectivity index (χ0v) is 12.7. The molecule has 1 aromatic rings. The Kier molecular flexibility index (Phi) is 4.09. The Morgan fingerprint density at radius 3 is 2.53 bits per heavy atom. The van der Waals surface area contributed by atoms with E-state index in [0.717, 1.165) is 23.9 Å². The number of ether oxygens (including phenoxy) is 1. The molecule has 2 rings (SSSR count). The first-order valence-electron chi connectivity index (χ1n) is 7.11. The van der Waals surface area contributed by atoms with Crippen LogP contribution in [0.1, 0.15) is 58.2 Å². The van der Waals surface area contributed by atoms with Crippen LogP contribution in [0, 0.1) is 5.92 Å². The molecule has 0 amide bonds. The van der Waals surface area contributed by atoms with Gasteiger partial charge in [0.25, 0.3) is 0 Å².